The predicted molar refractivity (Wildman–Crippen MR) is 104 cm³/mol. The first-order chi connectivity index (χ1) is 13.1. The van der Waals surface area contributed by atoms with Gasteiger partial charge in [0.15, 0.2) is 17.5 Å². The number of guanidine groups is 1. The quantitative estimate of drug-likeness (QED) is 0.582. The number of hydrogen-bond donors (Lipinski definition) is 2. The Morgan fingerprint density at radius 3 is 2.59 bits per heavy atom. The van der Waals surface area contributed by atoms with Crippen molar-refractivity contribution in [1.29, 1.82) is 0 Å². The number of rotatable bonds is 6. The highest BCUT2D eigenvalue weighted by atomic mass is 16.5. The standard InChI is InChI=1S/C19H30N4O4/c1-5-27-17-12-14(6-7-16(17)25-3)13-21-18(20-2)22-15-8-10-23(11-9-15)19(24)26-4/h6-7,12,15H,5,8-11,13H2,1-4H3,(H2,20,21,22). The normalized spacial score (nSPS) is 15.3. The van der Waals surface area contributed by atoms with E-state index in [1.165, 1.54) is 7.11 Å². The maximum absolute atomic E-state index is 11.6. The molecule has 8 nitrogen and oxygen atoms in total. The molecule has 8 heteroatoms. The lowest BCUT2D eigenvalue weighted by atomic mass is 10.1. The van der Waals surface area contributed by atoms with Gasteiger partial charge in [-0.1, -0.05) is 6.07 Å². The summed E-state index contributed by atoms with van der Waals surface area (Å²) < 4.78 is 15.7. The van der Waals surface area contributed by atoms with E-state index >= 15 is 0 Å². The second-order valence-electron chi connectivity index (χ2n) is 6.22. The van der Waals surface area contributed by atoms with Crippen LogP contribution >= 0.6 is 0 Å². The van der Waals surface area contributed by atoms with Crippen LogP contribution in [0.4, 0.5) is 4.79 Å². The van der Waals surface area contributed by atoms with Crippen molar-refractivity contribution in [3.8, 4) is 11.5 Å². The predicted octanol–water partition coefficient (Wildman–Crippen LogP) is 1.99. The molecule has 1 aromatic rings. The molecule has 1 aliphatic rings. The molecule has 0 aromatic heterocycles. The Bertz CT molecular complexity index is 643. The summed E-state index contributed by atoms with van der Waals surface area (Å²) >= 11 is 0. The van der Waals surface area contributed by atoms with E-state index < -0.39 is 0 Å². The van der Waals surface area contributed by atoms with Crippen molar-refractivity contribution < 1.29 is 19.0 Å². The van der Waals surface area contributed by atoms with Crippen LogP contribution in [0.15, 0.2) is 23.2 Å². The maximum atomic E-state index is 11.6. The highest BCUT2D eigenvalue weighted by Gasteiger charge is 2.23. The van der Waals surface area contributed by atoms with Gasteiger partial charge in [-0.2, -0.15) is 0 Å². The molecular formula is C19H30N4O4. The summed E-state index contributed by atoms with van der Waals surface area (Å²) in [6, 6.07) is 6.14. The average Bonchev–Trinajstić information content (AvgIpc) is 2.71. The number of methoxy groups -OCH3 is 2. The van der Waals surface area contributed by atoms with Crippen molar-refractivity contribution in [1.82, 2.24) is 15.5 Å². The highest BCUT2D eigenvalue weighted by molar-refractivity contribution is 5.80. The van der Waals surface area contributed by atoms with Crippen molar-refractivity contribution in [3.05, 3.63) is 23.8 Å². The zero-order valence-corrected chi connectivity index (χ0v) is 16.6. The van der Waals surface area contributed by atoms with Crippen molar-refractivity contribution in [2.24, 2.45) is 4.99 Å². The number of carbonyl (C=O) groups excluding carboxylic acids is 1. The first-order valence-corrected chi connectivity index (χ1v) is 9.21. The van der Waals surface area contributed by atoms with Crippen molar-refractivity contribution >= 4 is 12.1 Å². The van der Waals surface area contributed by atoms with E-state index in [9.17, 15) is 4.79 Å². The van der Waals surface area contributed by atoms with Gasteiger partial charge in [0.25, 0.3) is 0 Å². The summed E-state index contributed by atoms with van der Waals surface area (Å²) in [5.41, 5.74) is 1.07. The van der Waals surface area contributed by atoms with Crippen molar-refractivity contribution in [2.75, 3.05) is 41.0 Å². The van der Waals surface area contributed by atoms with E-state index in [2.05, 4.69) is 15.6 Å². The number of carbonyl (C=O) groups is 1. The summed E-state index contributed by atoms with van der Waals surface area (Å²) in [5.74, 6) is 2.19. The Kier molecular flexibility index (Phi) is 8.03. The SMILES string of the molecule is CCOc1cc(CNC(=NC)NC2CCN(C(=O)OC)CC2)ccc1OC. The molecule has 0 unspecified atom stereocenters. The molecule has 1 aliphatic heterocycles. The molecule has 2 rings (SSSR count). The molecule has 1 aromatic carbocycles. The maximum Gasteiger partial charge on any atom is 0.409 e. The molecule has 0 atom stereocenters. The first kappa shape index (κ1) is 20.7. The van der Waals surface area contributed by atoms with Crippen LogP contribution in [-0.2, 0) is 11.3 Å². The Balaban J connectivity index is 1.86. The van der Waals surface area contributed by atoms with Crippen LogP contribution in [0.3, 0.4) is 0 Å². The second kappa shape index (κ2) is 10.5. The van der Waals surface area contributed by atoms with Gasteiger partial charge in [0.05, 0.1) is 20.8 Å². The van der Waals surface area contributed by atoms with E-state index in [0.717, 1.165) is 35.9 Å². The number of nitrogens with one attached hydrogen (secondary N) is 2. The fraction of sp³-hybridized carbons (Fsp3) is 0.579. The summed E-state index contributed by atoms with van der Waals surface area (Å²) in [5, 5.41) is 6.74. The molecule has 0 radical (unpaired) electrons. The van der Waals surface area contributed by atoms with Crippen LogP contribution in [0, 0.1) is 0 Å². The van der Waals surface area contributed by atoms with E-state index in [1.54, 1.807) is 19.1 Å². The minimum atomic E-state index is -0.263. The van der Waals surface area contributed by atoms with Crippen LogP contribution in [0.2, 0.25) is 0 Å². The molecule has 1 amide bonds. The van der Waals surface area contributed by atoms with Crippen LogP contribution in [0.25, 0.3) is 0 Å². The van der Waals surface area contributed by atoms with Gasteiger partial charge in [0, 0.05) is 32.7 Å². The van der Waals surface area contributed by atoms with E-state index in [1.807, 2.05) is 25.1 Å². The molecule has 27 heavy (non-hydrogen) atoms. The van der Waals surface area contributed by atoms with Crippen LogP contribution in [0.1, 0.15) is 25.3 Å². The second-order valence-corrected chi connectivity index (χ2v) is 6.22. The Morgan fingerprint density at radius 2 is 2.00 bits per heavy atom. The van der Waals surface area contributed by atoms with Crippen LogP contribution in [-0.4, -0.2) is 64.0 Å². The first-order valence-electron chi connectivity index (χ1n) is 9.21. The number of benzene rings is 1. The van der Waals surface area contributed by atoms with Crippen molar-refractivity contribution in [3.63, 3.8) is 0 Å². The lowest BCUT2D eigenvalue weighted by molar-refractivity contribution is 0.111. The molecular weight excluding hydrogens is 348 g/mol. The molecule has 0 bridgehead atoms. The number of piperidine rings is 1. The van der Waals surface area contributed by atoms with Gasteiger partial charge < -0.3 is 29.7 Å². The van der Waals surface area contributed by atoms with Crippen LogP contribution < -0.4 is 20.1 Å². The van der Waals surface area contributed by atoms with Gasteiger partial charge in [-0.05, 0) is 37.5 Å². The molecule has 2 N–H and O–H groups in total. The third-order valence-electron chi connectivity index (χ3n) is 4.48. The van der Waals surface area contributed by atoms with E-state index in [4.69, 9.17) is 14.2 Å². The van der Waals surface area contributed by atoms with E-state index in [-0.39, 0.29) is 12.1 Å². The van der Waals surface area contributed by atoms with Gasteiger partial charge >= 0.3 is 6.09 Å². The highest BCUT2D eigenvalue weighted by Crippen LogP contribution is 2.27. The molecule has 0 spiro atoms. The molecule has 150 valence electrons. The van der Waals surface area contributed by atoms with Gasteiger partial charge in [0.2, 0.25) is 0 Å². The van der Waals surface area contributed by atoms with Crippen molar-refractivity contribution in [2.45, 2.75) is 32.4 Å². The smallest absolute Gasteiger partial charge is 0.409 e. The summed E-state index contributed by atoms with van der Waals surface area (Å²) in [7, 11) is 4.79. The third-order valence-corrected chi connectivity index (χ3v) is 4.48. The summed E-state index contributed by atoms with van der Waals surface area (Å²) in [6.45, 7) is 4.50. The Hall–Kier alpha value is -2.64. The minimum absolute atomic E-state index is 0.263. The zero-order chi connectivity index (χ0) is 19.6. The van der Waals surface area contributed by atoms with Gasteiger partial charge in [-0.3, -0.25) is 4.99 Å². The van der Waals surface area contributed by atoms with E-state index in [0.29, 0.717) is 26.2 Å². The summed E-state index contributed by atoms with van der Waals surface area (Å²) in [4.78, 5) is 17.6. The lowest BCUT2D eigenvalue weighted by Crippen LogP contribution is -2.49. The Morgan fingerprint density at radius 1 is 1.26 bits per heavy atom. The molecule has 0 saturated carbocycles. The number of amides is 1. The monoisotopic (exact) mass is 378 g/mol. The molecule has 1 fully saturated rings. The molecule has 1 saturated heterocycles. The fourth-order valence-corrected chi connectivity index (χ4v) is 3.01. The number of likely N-dealkylation sites (tertiary alicyclic amines) is 1. The largest absolute Gasteiger partial charge is 0.493 e. The number of aliphatic imine (C=N–C) groups is 1. The topological polar surface area (TPSA) is 84.4 Å². The third kappa shape index (κ3) is 5.94. The lowest BCUT2D eigenvalue weighted by Gasteiger charge is -2.32. The van der Waals surface area contributed by atoms with Crippen LogP contribution in [0.5, 0.6) is 11.5 Å². The fourth-order valence-electron chi connectivity index (χ4n) is 3.01. The summed E-state index contributed by atoms with van der Waals surface area (Å²) in [6.07, 6.45) is 1.44. The minimum Gasteiger partial charge on any atom is -0.493 e. The number of hydrogen-bond acceptors (Lipinski definition) is 5. The van der Waals surface area contributed by atoms with Gasteiger partial charge in [-0.25, -0.2) is 4.79 Å². The number of nitrogens with zero attached hydrogens (tertiary/aromatic N) is 2. The molecule has 1 heterocycles. The zero-order valence-electron chi connectivity index (χ0n) is 16.6. The average molecular weight is 378 g/mol. The van der Waals surface area contributed by atoms with Gasteiger partial charge in [-0.15, -0.1) is 0 Å². The molecule has 0 aliphatic carbocycles. The number of ether oxygens (including phenoxy) is 3. The van der Waals surface area contributed by atoms with Gasteiger partial charge in [0.1, 0.15) is 0 Å². The Labute approximate surface area is 160 Å².